The van der Waals surface area contributed by atoms with Gasteiger partial charge in [0.05, 0.1) is 6.26 Å². The molecule has 0 aliphatic rings. The molecule has 0 saturated heterocycles. The zero-order valence-corrected chi connectivity index (χ0v) is 10.3. The SMILES string of the molecule is CC(C)NCCN(C)Cc1ccoc1Cl. The second kappa shape index (κ2) is 6.16. The monoisotopic (exact) mass is 230 g/mol. The van der Waals surface area contributed by atoms with E-state index in [4.69, 9.17) is 16.0 Å². The van der Waals surface area contributed by atoms with Crippen molar-refractivity contribution in [2.24, 2.45) is 0 Å². The summed E-state index contributed by atoms with van der Waals surface area (Å²) in [6.45, 7) is 7.11. The molecule has 86 valence electrons. The molecule has 1 N–H and O–H groups in total. The standard InChI is InChI=1S/C11H19ClN2O/c1-9(2)13-5-6-14(3)8-10-4-7-15-11(10)12/h4,7,9,13H,5-6,8H2,1-3H3. The molecular weight excluding hydrogens is 212 g/mol. The second-order valence-corrected chi connectivity index (χ2v) is 4.41. The largest absolute Gasteiger partial charge is 0.453 e. The van der Waals surface area contributed by atoms with Crippen molar-refractivity contribution in [2.75, 3.05) is 20.1 Å². The fourth-order valence-electron chi connectivity index (χ4n) is 1.35. The van der Waals surface area contributed by atoms with E-state index in [1.807, 2.05) is 6.07 Å². The van der Waals surface area contributed by atoms with Crippen molar-refractivity contribution in [3.8, 4) is 0 Å². The molecule has 0 aliphatic heterocycles. The van der Waals surface area contributed by atoms with Crippen molar-refractivity contribution in [3.63, 3.8) is 0 Å². The quantitative estimate of drug-likeness (QED) is 0.814. The van der Waals surface area contributed by atoms with Crippen molar-refractivity contribution in [1.29, 1.82) is 0 Å². The van der Waals surface area contributed by atoms with Gasteiger partial charge in [0.15, 0.2) is 5.22 Å². The van der Waals surface area contributed by atoms with Gasteiger partial charge in [0.2, 0.25) is 0 Å². The molecule has 4 heteroatoms. The lowest BCUT2D eigenvalue weighted by Gasteiger charge is -2.17. The van der Waals surface area contributed by atoms with Crippen molar-refractivity contribution in [1.82, 2.24) is 10.2 Å². The highest BCUT2D eigenvalue weighted by molar-refractivity contribution is 6.29. The van der Waals surface area contributed by atoms with Gasteiger partial charge in [0, 0.05) is 31.2 Å². The summed E-state index contributed by atoms with van der Waals surface area (Å²) in [4.78, 5) is 2.21. The molecule has 0 unspecified atom stereocenters. The predicted molar refractivity (Wildman–Crippen MR) is 63.2 cm³/mol. The minimum absolute atomic E-state index is 0.499. The normalized spacial score (nSPS) is 11.6. The Morgan fingerprint density at radius 2 is 2.27 bits per heavy atom. The lowest BCUT2D eigenvalue weighted by atomic mass is 10.3. The first-order chi connectivity index (χ1) is 7.09. The van der Waals surface area contributed by atoms with Gasteiger partial charge >= 0.3 is 0 Å². The highest BCUT2D eigenvalue weighted by atomic mass is 35.5. The Morgan fingerprint density at radius 3 is 2.80 bits per heavy atom. The van der Waals surface area contributed by atoms with E-state index in [1.165, 1.54) is 0 Å². The maximum Gasteiger partial charge on any atom is 0.197 e. The molecular formula is C11H19ClN2O. The average Bonchev–Trinajstić information content (AvgIpc) is 2.51. The van der Waals surface area contributed by atoms with E-state index in [2.05, 4.69) is 31.1 Å². The molecule has 0 atom stereocenters. The van der Waals surface area contributed by atoms with Crippen LogP contribution in [0.3, 0.4) is 0 Å². The van der Waals surface area contributed by atoms with Crippen molar-refractivity contribution in [2.45, 2.75) is 26.4 Å². The summed E-state index contributed by atoms with van der Waals surface area (Å²) in [7, 11) is 2.07. The van der Waals surface area contributed by atoms with Gasteiger partial charge in [0.1, 0.15) is 0 Å². The maximum absolute atomic E-state index is 5.86. The van der Waals surface area contributed by atoms with Crippen LogP contribution < -0.4 is 5.32 Å². The molecule has 0 saturated carbocycles. The smallest absolute Gasteiger partial charge is 0.197 e. The van der Waals surface area contributed by atoms with E-state index in [1.54, 1.807) is 6.26 Å². The number of furan rings is 1. The predicted octanol–water partition coefficient (Wildman–Crippen LogP) is 2.36. The number of nitrogens with zero attached hydrogens (tertiary/aromatic N) is 1. The molecule has 0 radical (unpaired) electrons. The van der Waals surface area contributed by atoms with E-state index < -0.39 is 0 Å². The Labute approximate surface area is 96.4 Å². The van der Waals surface area contributed by atoms with Crippen LogP contribution in [-0.2, 0) is 6.54 Å². The molecule has 0 amide bonds. The molecule has 1 aromatic rings. The fourth-order valence-corrected chi connectivity index (χ4v) is 1.52. The Hall–Kier alpha value is -0.510. The van der Waals surface area contributed by atoms with Crippen LogP contribution in [0.1, 0.15) is 19.4 Å². The molecule has 0 aromatic carbocycles. The average molecular weight is 231 g/mol. The highest BCUT2D eigenvalue weighted by Gasteiger charge is 2.06. The maximum atomic E-state index is 5.86. The summed E-state index contributed by atoms with van der Waals surface area (Å²) >= 11 is 5.86. The minimum atomic E-state index is 0.499. The number of hydrogen-bond acceptors (Lipinski definition) is 3. The van der Waals surface area contributed by atoms with Crippen molar-refractivity contribution >= 4 is 11.6 Å². The summed E-state index contributed by atoms with van der Waals surface area (Å²) < 4.78 is 5.03. The first kappa shape index (κ1) is 12.6. The Morgan fingerprint density at radius 1 is 1.53 bits per heavy atom. The summed E-state index contributed by atoms with van der Waals surface area (Å²) in [5, 5.41) is 3.87. The fraction of sp³-hybridized carbons (Fsp3) is 0.636. The van der Waals surface area contributed by atoms with Gasteiger partial charge in [-0.1, -0.05) is 13.8 Å². The van der Waals surface area contributed by atoms with Crippen LogP contribution in [0.15, 0.2) is 16.7 Å². The lowest BCUT2D eigenvalue weighted by Crippen LogP contribution is -2.32. The molecule has 1 rings (SSSR count). The van der Waals surface area contributed by atoms with Gasteiger partial charge in [-0.2, -0.15) is 0 Å². The lowest BCUT2D eigenvalue weighted by molar-refractivity contribution is 0.319. The first-order valence-corrected chi connectivity index (χ1v) is 5.61. The molecule has 0 spiro atoms. The summed E-state index contributed by atoms with van der Waals surface area (Å²) in [5.41, 5.74) is 1.05. The number of halogens is 1. The van der Waals surface area contributed by atoms with E-state index in [0.29, 0.717) is 11.3 Å². The van der Waals surface area contributed by atoms with Crippen molar-refractivity contribution < 1.29 is 4.42 Å². The van der Waals surface area contributed by atoms with Gasteiger partial charge in [-0.05, 0) is 24.7 Å². The van der Waals surface area contributed by atoms with Crippen LogP contribution in [0.2, 0.25) is 5.22 Å². The summed E-state index contributed by atoms with van der Waals surface area (Å²) in [6, 6.07) is 2.45. The molecule has 0 fully saturated rings. The number of likely N-dealkylation sites (N-methyl/N-ethyl adjacent to an activating group) is 1. The van der Waals surface area contributed by atoms with Crippen LogP contribution in [0.25, 0.3) is 0 Å². The van der Waals surface area contributed by atoms with Gasteiger partial charge in [-0.3, -0.25) is 0 Å². The number of nitrogens with one attached hydrogen (secondary N) is 1. The molecule has 0 aliphatic carbocycles. The third-order valence-corrected chi connectivity index (χ3v) is 2.51. The van der Waals surface area contributed by atoms with Crippen LogP contribution >= 0.6 is 11.6 Å². The second-order valence-electron chi connectivity index (χ2n) is 4.07. The van der Waals surface area contributed by atoms with Gasteiger partial charge in [0.25, 0.3) is 0 Å². The first-order valence-electron chi connectivity index (χ1n) is 5.23. The summed E-state index contributed by atoms with van der Waals surface area (Å²) in [5.74, 6) is 0. The van der Waals surface area contributed by atoms with Crippen molar-refractivity contribution in [3.05, 3.63) is 23.1 Å². The Balaban J connectivity index is 2.24. The zero-order valence-electron chi connectivity index (χ0n) is 9.59. The molecule has 15 heavy (non-hydrogen) atoms. The van der Waals surface area contributed by atoms with E-state index in [0.717, 1.165) is 25.2 Å². The van der Waals surface area contributed by atoms with Crippen LogP contribution in [0.4, 0.5) is 0 Å². The Bertz CT molecular complexity index is 286. The van der Waals surface area contributed by atoms with Gasteiger partial charge < -0.3 is 14.6 Å². The molecule has 3 nitrogen and oxygen atoms in total. The third-order valence-electron chi connectivity index (χ3n) is 2.18. The highest BCUT2D eigenvalue weighted by Crippen LogP contribution is 2.17. The zero-order chi connectivity index (χ0) is 11.3. The minimum Gasteiger partial charge on any atom is -0.453 e. The van der Waals surface area contributed by atoms with E-state index >= 15 is 0 Å². The molecule has 1 aromatic heterocycles. The number of rotatable bonds is 6. The van der Waals surface area contributed by atoms with Crippen LogP contribution in [0, 0.1) is 0 Å². The van der Waals surface area contributed by atoms with Gasteiger partial charge in [-0.25, -0.2) is 0 Å². The van der Waals surface area contributed by atoms with Gasteiger partial charge in [-0.15, -0.1) is 0 Å². The van der Waals surface area contributed by atoms with E-state index in [9.17, 15) is 0 Å². The Kier molecular flexibility index (Phi) is 5.15. The number of hydrogen-bond donors (Lipinski definition) is 1. The topological polar surface area (TPSA) is 28.4 Å². The molecule has 1 heterocycles. The van der Waals surface area contributed by atoms with Crippen LogP contribution in [-0.4, -0.2) is 31.1 Å². The third kappa shape index (κ3) is 4.69. The summed E-state index contributed by atoms with van der Waals surface area (Å²) in [6.07, 6.45) is 1.62. The van der Waals surface area contributed by atoms with E-state index in [-0.39, 0.29) is 0 Å². The van der Waals surface area contributed by atoms with Crippen LogP contribution in [0.5, 0.6) is 0 Å². The molecule has 0 bridgehead atoms.